The highest BCUT2D eigenvalue weighted by molar-refractivity contribution is 5.96. The van der Waals surface area contributed by atoms with Gasteiger partial charge in [-0.25, -0.2) is 9.78 Å². The zero-order chi connectivity index (χ0) is 21.2. The maximum atomic E-state index is 11.5. The van der Waals surface area contributed by atoms with Gasteiger partial charge in [-0.15, -0.1) is 0 Å². The van der Waals surface area contributed by atoms with E-state index in [1.807, 2.05) is 54.6 Å². The molecule has 0 N–H and O–H groups in total. The molecule has 0 radical (unpaired) electrons. The number of benzene rings is 4. The van der Waals surface area contributed by atoms with E-state index in [0.29, 0.717) is 17.0 Å². The Labute approximate surface area is 178 Å². The van der Waals surface area contributed by atoms with Crippen LogP contribution < -0.4 is 0 Å². The van der Waals surface area contributed by atoms with Gasteiger partial charge in [-0.2, -0.15) is 0 Å². The van der Waals surface area contributed by atoms with Crippen LogP contribution in [0.3, 0.4) is 0 Å². The molecule has 5 heteroatoms. The molecule has 0 unspecified atom stereocenters. The summed E-state index contributed by atoms with van der Waals surface area (Å²) in [4.78, 5) is 20.8. The van der Waals surface area contributed by atoms with Crippen molar-refractivity contribution in [2.45, 2.75) is 0 Å². The van der Waals surface area contributed by atoms with Crippen molar-refractivity contribution in [1.29, 1.82) is 0 Å². The second-order valence-corrected chi connectivity index (χ2v) is 7.07. The maximum Gasteiger partial charge on any atom is 0.337 e. The second kappa shape index (κ2) is 7.88. The summed E-state index contributed by atoms with van der Waals surface area (Å²) in [7, 11) is 1.36. The molecule has 0 aliphatic heterocycles. The average molecular weight is 406 g/mol. The van der Waals surface area contributed by atoms with E-state index in [1.165, 1.54) is 7.11 Å². The predicted molar refractivity (Wildman–Crippen MR) is 122 cm³/mol. The van der Waals surface area contributed by atoms with Crippen LogP contribution in [0.5, 0.6) is 0 Å². The summed E-state index contributed by atoms with van der Waals surface area (Å²) in [6.07, 6.45) is 1.74. The quantitative estimate of drug-likeness (QED) is 0.264. The summed E-state index contributed by atoms with van der Waals surface area (Å²) in [6.45, 7) is 0. The molecule has 0 bridgehead atoms. The van der Waals surface area contributed by atoms with Gasteiger partial charge in [0.15, 0.2) is 5.58 Å². The number of ether oxygens (including phenoxy) is 1. The number of esters is 1. The van der Waals surface area contributed by atoms with E-state index >= 15 is 0 Å². The number of carbonyl (C=O) groups excluding carboxylic acids is 1. The fourth-order valence-corrected chi connectivity index (χ4v) is 3.50. The van der Waals surface area contributed by atoms with Crippen molar-refractivity contribution in [3.05, 3.63) is 96.1 Å². The number of methoxy groups -OCH3 is 1. The number of aliphatic imine (C=N–C) groups is 1. The van der Waals surface area contributed by atoms with E-state index in [1.54, 1.807) is 18.3 Å². The number of rotatable bonds is 4. The van der Waals surface area contributed by atoms with Gasteiger partial charge in [0, 0.05) is 11.8 Å². The number of aromatic nitrogens is 1. The molecule has 0 amide bonds. The monoisotopic (exact) mass is 406 g/mol. The molecule has 0 aliphatic carbocycles. The lowest BCUT2D eigenvalue weighted by molar-refractivity contribution is 0.0600. The standard InChI is InChI=1S/C26H18N2O3/c1-30-26(29)19-11-9-17(10-12-19)16-27-20-13-14-24-23(15-20)28-25(31-24)22-8-4-6-18-5-2-3-7-21(18)22/h2-16H,1H3. The summed E-state index contributed by atoms with van der Waals surface area (Å²) in [6, 6.07) is 27.0. The predicted octanol–water partition coefficient (Wildman–Crippen LogP) is 6.19. The molecule has 5 aromatic rings. The van der Waals surface area contributed by atoms with E-state index in [2.05, 4.69) is 23.2 Å². The molecular weight excluding hydrogens is 388 g/mol. The van der Waals surface area contributed by atoms with Gasteiger partial charge in [-0.1, -0.05) is 48.5 Å². The fourth-order valence-electron chi connectivity index (χ4n) is 3.50. The third kappa shape index (κ3) is 3.69. The van der Waals surface area contributed by atoms with Gasteiger partial charge in [0.2, 0.25) is 5.89 Å². The van der Waals surface area contributed by atoms with Gasteiger partial charge in [-0.3, -0.25) is 4.99 Å². The number of carbonyl (C=O) groups is 1. The first-order chi connectivity index (χ1) is 15.2. The Hall–Kier alpha value is -4.25. The third-order valence-electron chi connectivity index (χ3n) is 5.09. The highest BCUT2D eigenvalue weighted by Gasteiger charge is 2.11. The number of nitrogens with zero attached hydrogens (tertiary/aromatic N) is 2. The number of hydrogen-bond donors (Lipinski definition) is 0. The average Bonchev–Trinajstić information content (AvgIpc) is 3.25. The lowest BCUT2D eigenvalue weighted by Crippen LogP contribution is -2.00. The Bertz CT molecular complexity index is 1430. The molecule has 0 aliphatic rings. The first-order valence-electron chi connectivity index (χ1n) is 9.82. The van der Waals surface area contributed by atoms with Crippen LogP contribution in [0.2, 0.25) is 0 Å². The SMILES string of the molecule is COC(=O)c1ccc(C=Nc2ccc3oc(-c4cccc5ccccc45)nc3c2)cc1. The molecule has 5 rings (SSSR count). The van der Waals surface area contributed by atoms with E-state index in [0.717, 1.165) is 33.1 Å². The van der Waals surface area contributed by atoms with Crippen LogP contribution in [-0.2, 0) is 4.74 Å². The summed E-state index contributed by atoms with van der Waals surface area (Å²) in [5.74, 6) is 0.230. The zero-order valence-corrected chi connectivity index (χ0v) is 16.8. The molecule has 0 saturated heterocycles. The molecule has 5 nitrogen and oxygen atoms in total. The van der Waals surface area contributed by atoms with Crippen molar-refractivity contribution in [3.8, 4) is 11.5 Å². The molecule has 150 valence electrons. The molecule has 4 aromatic carbocycles. The molecule has 0 fully saturated rings. The van der Waals surface area contributed by atoms with Gasteiger partial charge in [0.05, 0.1) is 18.4 Å². The van der Waals surface area contributed by atoms with E-state index in [9.17, 15) is 4.79 Å². The first kappa shape index (κ1) is 18.8. The first-order valence-corrected chi connectivity index (χ1v) is 9.82. The summed E-state index contributed by atoms with van der Waals surface area (Å²) in [5, 5.41) is 2.25. The van der Waals surface area contributed by atoms with Crippen molar-refractivity contribution >= 4 is 39.7 Å². The second-order valence-electron chi connectivity index (χ2n) is 7.07. The normalized spacial score (nSPS) is 11.4. The smallest absolute Gasteiger partial charge is 0.337 e. The molecule has 0 spiro atoms. The molecular formula is C26H18N2O3. The van der Waals surface area contributed by atoms with Crippen molar-refractivity contribution in [2.75, 3.05) is 7.11 Å². The van der Waals surface area contributed by atoms with Gasteiger partial charge < -0.3 is 9.15 Å². The largest absolute Gasteiger partial charge is 0.465 e. The highest BCUT2D eigenvalue weighted by Crippen LogP contribution is 2.31. The van der Waals surface area contributed by atoms with Crippen LogP contribution in [0.1, 0.15) is 15.9 Å². The number of hydrogen-bond acceptors (Lipinski definition) is 5. The summed E-state index contributed by atoms with van der Waals surface area (Å²) in [5.41, 5.74) is 4.57. The molecule has 0 saturated carbocycles. The Morgan fingerprint density at radius 2 is 1.77 bits per heavy atom. The van der Waals surface area contributed by atoms with E-state index in [-0.39, 0.29) is 5.97 Å². The Balaban J connectivity index is 1.44. The van der Waals surface area contributed by atoms with Gasteiger partial charge in [0.1, 0.15) is 5.52 Å². The lowest BCUT2D eigenvalue weighted by atomic mass is 10.0. The van der Waals surface area contributed by atoms with Crippen LogP contribution >= 0.6 is 0 Å². The van der Waals surface area contributed by atoms with Crippen molar-refractivity contribution in [2.24, 2.45) is 4.99 Å². The lowest BCUT2D eigenvalue weighted by Gasteiger charge is -2.01. The number of oxazole rings is 1. The molecule has 1 heterocycles. The van der Waals surface area contributed by atoms with E-state index < -0.39 is 0 Å². The van der Waals surface area contributed by atoms with Crippen molar-refractivity contribution < 1.29 is 13.9 Å². The van der Waals surface area contributed by atoms with Crippen molar-refractivity contribution in [1.82, 2.24) is 4.98 Å². The van der Waals surface area contributed by atoms with Crippen LogP contribution in [0, 0.1) is 0 Å². The topological polar surface area (TPSA) is 64.7 Å². The van der Waals surface area contributed by atoms with Crippen LogP contribution in [0.15, 0.2) is 94.3 Å². The Kier molecular flexibility index (Phi) is 4.77. The Morgan fingerprint density at radius 1 is 0.968 bits per heavy atom. The van der Waals surface area contributed by atoms with Gasteiger partial charge >= 0.3 is 5.97 Å². The third-order valence-corrected chi connectivity index (χ3v) is 5.09. The maximum absolute atomic E-state index is 11.5. The summed E-state index contributed by atoms with van der Waals surface area (Å²) < 4.78 is 10.7. The minimum atomic E-state index is -0.359. The number of fused-ring (bicyclic) bond motifs is 2. The van der Waals surface area contributed by atoms with Crippen LogP contribution in [0.4, 0.5) is 5.69 Å². The summed E-state index contributed by atoms with van der Waals surface area (Å²) >= 11 is 0. The van der Waals surface area contributed by atoms with Gasteiger partial charge in [-0.05, 0) is 52.7 Å². The Morgan fingerprint density at radius 3 is 2.61 bits per heavy atom. The van der Waals surface area contributed by atoms with Crippen LogP contribution in [-0.4, -0.2) is 24.3 Å². The molecule has 31 heavy (non-hydrogen) atoms. The molecule has 0 atom stereocenters. The van der Waals surface area contributed by atoms with Gasteiger partial charge in [0.25, 0.3) is 0 Å². The minimum absolute atomic E-state index is 0.359. The molecule has 1 aromatic heterocycles. The van der Waals surface area contributed by atoms with Crippen molar-refractivity contribution in [3.63, 3.8) is 0 Å². The highest BCUT2D eigenvalue weighted by atomic mass is 16.5. The zero-order valence-electron chi connectivity index (χ0n) is 16.8. The van der Waals surface area contributed by atoms with Crippen LogP contribution in [0.25, 0.3) is 33.3 Å². The minimum Gasteiger partial charge on any atom is -0.465 e. The van der Waals surface area contributed by atoms with E-state index in [4.69, 9.17) is 14.1 Å². The fraction of sp³-hybridized carbons (Fsp3) is 0.0385.